The maximum Gasteiger partial charge on any atom is 0.121 e. The van der Waals surface area contributed by atoms with Crippen molar-refractivity contribution < 1.29 is 0 Å². The van der Waals surface area contributed by atoms with Crippen LogP contribution in [0, 0.1) is 0 Å². The zero-order chi connectivity index (χ0) is 20.5. The number of aromatic nitrogens is 3. The minimum atomic E-state index is 0.393. The van der Waals surface area contributed by atoms with Gasteiger partial charge < -0.3 is 9.88 Å². The number of nitrogens with zero attached hydrogens (tertiary/aromatic N) is 4. The highest BCUT2D eigenvalue weighted by atomic mass is 15.2. The summed E-state index contributed by atoms with van der Waals surface area (Å²) in [6.45, 7) is 0.868. The Morgan fingerprint density at radius 3 is 2.57 bits per heavy atom. The van der Waals surface area contributed by atoms with Crippen molar-refractivity contribution >= 4 is 11.0 Å². The smallest absolute Gasteiger partial charge is 0.121 e. The van der Waals surface area contributed by atoms with Gasteiger partial charge in [-0.15, -0.1) is 0 Å². The van der Waals surface area contributed by atoms with E-state index in [0.717, 1.165) is 29.8 Å². The van der Waals surface area contributed by atoms with Crippen molar-refractivity contribution in [1.29, 1.82) is 0 Å². The number of hydrogen-bond donors (Lipinski definition) is 1. The van der Waals surface area contributed by atoms with E-state index in [2.05, 4.69) is 65.3 Å². The van der Waals surface area contributed by atoms with Gasteiger partial charge in [0.05, 0.1) is 29.3 Å². The molecule has 0 saturated heterocycles. The monoisotopic (exact) mass is 403 g/mol. The van der Waals surface area contributed by atoms with Crippen LogP contribution in [0.4, 0.5) is 0 Å². The zero-order valence-electron chi connectivity index (χ0n) is 18.2. The fraction of sp³-hybridized carbons (Fsp3) is 0.520. The molecule has 1 saturated carbocycles. The lowest BCUT2D eigenvalue weighted by Gasteiger charge is -2.43. The van der Waals surface area contributed by atoms with Crippen molar-refractivity contribution in [3.8, 4) is 0 Å². The highest BCUT2D eigenvalue weighted by molar-refractivity contribution is 5.74. The van der Waals surface area contributed by atoms with Crippen molar-refractivity contribution in [2.45, 2.75) is 69.6 Å². The highest BCUT2D eigenvalue weighted by Crippen LogP contribution is 2.38. The molecule has 158 valence electrons. The van der Waals surface area contributed by atoms with E-state index < -0.39 is 0 Å². The van der Waals surface area contributed by atoms with E-state index in [4.69, 9.17) is 9.97 Å². The molecule has 0 amide bonds. The third kappa shape index (κ3) is 3.88. The summed E-state index contributed by atoms with van der Waals surface area (Å²) in [4.78, 5) is 18.5. The molecule has 5 heteroatoms. The van der Waals surface area contributed by atoms with Crippen LogP contribution in [0.3, 0.4) is 0 Å². The number of nitrogens with one attached hydrogen (secondary N) is 1. The minimum Gasteiger partial charge on any atom is -0.341 e. The molecule has 2 aliphatic rings. The molecule has 2 heterocycles. The first-order valence-corrected chi connectivity index (χ1v) is 11.5. The molecule has 1 N–H and O–H groups in total. The molecule has 0 bridgehead atoms. The topological polar surface area (TPSA) is 48.0 Å². The summed E-state index contributed by atoms with van der Waals surface area (Å²) in [5.41, 5.74) is 4.93. The molecule has 1 aromatic carbocycles. The van der Waals surface area contributed by atoms with Gasteiger partial charge in [0.1, 0.15) is 5.82 Å². The average molecular weight is 404 g/mol. The number of pyridine rings is 1. The number of H-pyrrole nitrogens is 1. The molecular weight excluding hydrogens is 370 g/mol. The van der Waals surface area contributed by atoms with Gasteiger partial charge in [-0.25, -0.2) is 4.98 Å². The molecule has 0 radical (unpaired) electrons. The second-order valence-corrected chi connectivity index (χ2v) is 9.25. The van der Waals surface area contributed by atoms with E-state index in [-0.39, 0.29) is 0 Å². The second-order valence-electron chi connectivity index (χ2n) is 9.25. The summed E-state index contributed by atoms with van der Waals surface area (Å²) in [6.07, 6.45) is 10.6. The third-order valence-corrected chi connectivity index (χ3v) is 7.20. The molecule has 1 unspecified atom stereocenters. The van der Waals surface area contributed by atoms with Gasteiger partial charge in [-0.05, 0) is 82.8 Å². The van der Waals surface area contributed by atoms with Crippen LogP contribution in [0.25, 0.3) is 11.0 Å². The SMILES string of the molecule is CN(C)[C@H]1CC[C@H](N(Cc2nc3ccccc3[nH]2)C2CCCc3cccnc32)CC1. The van der Waals surface area contributed by atoms with Crippen molar-refractivity contribution in [1.82, 2.24) is 24.8 Å². The predicted molar refractivity (Wildman–Crippen MR) is 121 cm³/mol. The van der Waals surface area contributed by atoms with E-state index in [9.17, 15) is 0 Å². The molecule has 2 aliphatic carbocycles. The van der Waals surface area contributed by atoms with Gasteiger partial charge in [0.15, 0.2) is 0 Å². The Hall–Kier alpha value is -2.24. The van der Waals surface area contributed by atoms with Gasteiger partial charge in [-0.1, -0.05) is 18.2 Å². The van der Waals surface area contributed by atoms with Crippen LogP contribution in [0.15, 0.2) is 42.6 Å². The van der Waals surface area contributed by atoms with Gasteiger partial charge in [-0.2, -0.15) is 0 Å². The molecule has 5 nitrogen and oxygen atoms in total. The molecule has 30 heavy (non-hydrogen) atoms. The summed E-state index contributed by atoms with van der Waals surface area (Å²) in [5, 5.41) is 0. The number of para-hydroxylation sites is 2. The quantitative estimate of drug-likeness (QED) is 0.670. The normalized spacial score (nSPS) is 24.5. The van der Waals surface area contributed by atoms with Gasteiger partial charge in [0, 0.05) is 18.3 Å². The predicted octanol–water partition coefficient (Wildman–Crippen LogP) is 4.71. The van der Waals surface area contributed by atoms with Crippen LogP contribution in [0.1, 0.15) is 61.6 Å². The van der Waals surface area contributed by atoms with Crippen molar-refractivity contribution in [2.24, 2.45) is 0 Å². The summed E-state index contributed by atoms with van der Waals surface area (Å²) < 4.78 is 0. The first-order valence-electron chi connectivity index (χ1n) is 11.5. The fourth-order valence-corrected chi connectivity index (χ4v) is 5.56. The summed E-state index contributed by atoms with van der Waals surface area (Å²) in [6, 6.07) is 14.4. The van der Waals surface area contributed by atoms with Crippen molar-refractivity contribution in [2.75, 3.05) is 14.1 Å². The Morgan fingerprint density at radius 1 is 0.967 bits per heavy atom. The van der Waals surface area contributed by atoms with Crippen LogP contribution in [-0.4, -0.2) is 50.9 Å². The number of aryl methyl sites for hydroxylation is 1. The van der Waals surface area contributed by atoms with Gasteiger partial charge >= 0.3 is 0 Å². The Morgan fingerprint density at radius 2 is 1.77 bits per heavy atom. The Balaban J connectivity index is 1.45. The number of rotatable bonds is 5. The fourth-order valence-electron chi connectivity index (χ4n) is 5.56. The zero-order valence-corrected chi connectivity index (χ0v) is 18.2. The number of benzene rings is 1. The van der Waals surface area contributed by atoms with Crippen LogP contribution in [-0.2, 0) is 13.0 Å². The van der Waals surface area contributed by atoms with E-state index in [0.29, 0.717) is 18.1 Å². The average Bonchev–Trinajstić information content (AvgIpc) is 3.20. The van der Waals surface area contributed by atoms with Gasteiger partial charge in [0.25, 0.3) is 0 Å². The molecule has 1 atom stereocenters. The number of fused-ring (bicyclic) bond motifs is 2. The van der Waals surface area contributed by atoms with Crippen LogP contribution >= 0.6 is 0 Å². The lowest BCUT2D eigenvalue weighted by atomic mass is 9.85. The number of hydrogen-bond acceptors (Lipinski definition) is 4. The van der Waals surface area contributed by atoms with E-state index in [1.807, 2.05) is 6.20 Å². The largest absolute Gasteiger partial charge is 0.341 e. The summed E-state index contributed by atoms with van der Waals surface area (Å²) >= 11 is 0. The molecule has 3 aromatic rings. The summed E-state index contributed by atoms with van der Waals surface area (Å²) in [7, 11) is 4.44. The van der Waals surface area contributed by atoms with E-state index >= 15 is 0 Å². The van der Waals surface area contributed by atoms with E-state index in [1.165, 1.54) is 49.8 Å². The maximum atomic E-state index is 4.92. The maximum absolute atomic E-state index is 4.92. The molecule has 5 rings (SSSR count). The molecule has 1 fully saturated rings. The first kappa shape index (κ1) is 19.7. The summed E-state index contributed by atoms with van der Waals surface area (Å²) in [5.74, 6) is 1.08. The van der Waals surface area contributed by atoms with Crippen LogP contribution < -0.4 is 0 Å². The molecule has 2 aromatic heterocycles. The van der Waals surface area contributed by atoms with Crippen LogP contribution in [0.2, 0.25) is 0 Å². The van der Waals surface area contributed by atoms with Gasteiger partial charge in [-0.3, -0.25) is 9.88 Å². The Labute approximate surface area is 179 Å². The number of aromatic amines is 1. The number of imidazole rings is 1. The standard InChI is InChI=1S/C25H33N5/c1-29(2)19-12-14-20(15-13-19)30(17-24-27-21-9-3-4-10-22(21)28-24)23-11-5-7-18-8-6-16-26-25(18)23/h3-4,6,8-10,16,19-20,23H,5,7,11-15,17H2,1-2H3,(H,27,28)/t19-,20-,23?. The van der Waals surface area contributed by atoms with Crippen LogP contribution in [0.5, 0.6) is 0 Å². The van der Waals surface area contributed by atoms with Gasteiger partial charge in [0.2, 0.25) is 0 Å². The molecular formula is C25H33N5. The first-order chi connectivity index (χ1) is 14.7. The Bertz CT molecular complexity index is 953. The second kappa shape index (κ2) is 8.48. The lowest BCUT2D eigenvalue weighted by Crippen LogP contribution is -2.44. The lowest BCUT2D eigenvalue weighted by molar-refractivity contribution is 0.0612. The highest BCUT2D eigenvalue weighted by Gasteiger charge is 2.35. The van der Waals surface area contributed by atoms with Crippen molar-refractivity contribution in [3.05, 3.63) is 59.7 Å². The Kier molecular flexibility index (Phi) is 5.57. The molecule has 0 spiro atoms. The minimum absolute atomic E-state index is 0.393. The molecule has 0 aliphatic heterocycles. The van der Waals surface area contributed by atoms with Crippen molar-refractivity contribution in [3.63, 3.8) is 0 Å². The third-order valence-electron chi connectivity index (χ3n) is 7.20. The van der Waals surface area contributed by atoms with E-state index in [1.54, 1.807) is 0 Å².